The minimum atomic E-state index is -0.788. The van der Waals surface area contributed by atoms with Crippen molar-refractivity contribution in [2.45, 2.75) is 63.2 Å². The number of ketones is 1. The summed E-state index contributed by atoms with van der Waals surface area (Å²) in [5.74, 6) is 1.38. The summed E-state index contributed by atoms with van der Waals surface area (Å²) in [5.41, 5.74) is -0.501. The summed E-state index contributed by atoms with van der Waals surface area (Å²) in [6, 6.07) is 5.15. The summed E-state index contributed by atoms with van der Waals surface area (Å²) in [4.78, 5) is 26.5. The highest BCUT2D eigenvalue weighted by atomic mass is 16.7. The zero-order valence-corrected chi connectivity index (χ0v) is 15.9. The maximum atomic E-state index is 12.8. The third-order valence-corrected chi connectivity index (χ3v) is 5.71. The van der Waals surface area contributed by atoms with Gasteiger partial charge in [-0.25, -0.2) is 4.79 Å². The van der Waals surface area contributed by atoms with E-state index < -0.39 is 29.3 Å². The molecule has 7 nitrogen and oxygen atoms in total. The van der Waals surface area contributed by atoms with Crippen molar-refractivity contribution in [3.8, 4) is 11.5 Å². The van der Waals surface area contributed by atoms with Crippen molar-refractivity contribution in [1.82, 2.24) is 4.90 Å². The Hall–Kier alpha value is -2.28. The molecule has 7 heteroatoms. The van der Waals surface area contributed by atoms with Crippen molar-refractivity contribution < 1.29 is 28.9 Å². The average Bonchev–Trinajstić information content (AvgIpc) is 3.16. The molecule has 146 valence electrons. The second-order valence-electron chi connectivity index (χ2n) is 8.52. The van der Waals surface area contributed by atoms with Gasteiger partial charge >= 0.3 is 6.09 Å². The van der Waals surface area contributed by atoms with Crippen molar-refractivity contribution in [3.63, 3.8) is 0 Å². The third kappa shape index (κ3) is 2.94. The van der Waals surface area contributed by atoms with Gasteiger partial charge in [0.2, 0.25) is 6.79 Å². The normalized spacial score (nSPS) is 29.6. The van der Waals surface area contributed by atoms with Crippen LogP contribution in [0.5, 0.6) is 11.5 Å². The van der Waals surface area contributed by atoms with Gasteiger partial charge in [0.15, 0.2) is 11.5 Å². The van der Waals surface area contributed by atoms with E-state index >= 15 is 0 Å². The first-order valence-electron chi connectivity index (χ1n) is 9.30. The zero-order valence-electron chi connectivity index (χ0n) is 15.9. The molecule has 1 saturated carbocycles. The second kappa shape index (κ2) is 6.12. The minimum absolute atomic E-state index is 0.0963. The molecule has 1 saturated heterocycles. The lowest BCUT2D eigenvalue weighted by Gasteiger charge is -2.42. The van der Waals surface area contributed by atoms with Crippen LogP contribution in [0, 0.1) is 0 Å². The molecule has 3 aliphatic rings. The summed E-state index contributed by atoms with van der Waals surface area (Å²) in [6.45, 7) is 5.71. The van der Waals surface area contributed by atoms with E-state index in [9.17, 15) is 14.7 Å². The first kappa shape index (κ1) is 18.1. The molecule has 0 unspecified atom stereocenters. The van der Waals surface area contributed by atoms with E-state index in [-0.39, 0.29) is 25.5 Å². The quantitative estimate of drug-likeness (QED) is 0.811. The Morgan fingerprint density at radius 1 is 1.30 bits per heavy atom. The number of ether oxygens (including phenoxy) is 3. The topological polar surface area (TPSA) is 85.3 Å². The number of hydrogen-bond acceptors (Lipinski definition) is 6. The monoisotopic (exact) mass is 375 g/mol. The molecule has 1 aromatic rings. The number of amides is 1. The maximum Gasteiger partial charge on any atom is 0.410 e. The van der Waals surface area contributed by atoms with Crippen LogP contribution in [0.2, 0.25) is 0 Å². The van der Waals surface area contributed by atoms with E-state index in [1.807, 2.05) is 18.2 Å². The van der Waals surface area contributed by atoms with Crippen LogP contribution in [0.4, 0.5) is 4.79 Å². The predicted octanol–water partition coefficient (Wildman–Crippen LogP) is 2.39. The highest BCUT2D eigenvalue weighted by Gasteiger charge is 2.59. The lowest BCUT2D eigenvalue weighted by molar-refractivity contribution is -0.123. The molecule has 0 radical (unpaired) electrons. The van der Waals surface area contributed by atoms with E-state index in [1.54, 1.807) is 20.8 Å². The lowest BCUT2D eigenvalue weighted by Crippen LogP contribution is -2.52. The van der Waals surface area contributed by atoms with Crippen LogP contribution in [0.25, 0.3) is 0 Å². The summed E-state index contributed by atoms with van der Waals surface area (Å²) < 4.78 is 16.4. The minimum Gasteiger partial charge on any atom is -0.454 e. The van der Waals surface area contributed by atoms with Crippen molar-refractivity contribution in [3.05, 3.63) is 23.8 Å². The number of aliphatic hydroxyl groups is 1. The number of rotatable bonds is 1. The first-order valence-corrected chi connectivity index (χ1v) is 9.30. The second-order valence-corrected chi connectivity index (χ2v) is 8.52. The van der Waals surface area contributed by atoms with Crippen molar-refractivity contribution in [2.75, 3.05) is 13.3 Å². The number of likely N-dealkylation sites (tertiary alicyclic amines) is 1. The van der Waals surface area contributed by atoms with Crippen LogP contribution in [-0.2, 0) is 14.9 Å². The number of carbonyl (C=O) groups excluding carboxylic acids is 2. The van der Waals surface area contributed by atoms with E-state index in [4.69, 9.17) is 14.2 Å². The highest BCUT2D eigenvalue weighted by molar-refractivity contribution is 5.82. The maximum absolute atomic E-state index is 12.8. The van der Waals surface area contributed by atoms with E-state index in [0.717, 1.165) is 5.56 Å². The fourth-order valence-corrected chi connectivity index (χ4v) is 4.50. The Morgan fingerprint density at radius 3 is 2.78 bits per heavy atom. The molecule has 0 bridgehead atoms. The molecule has 4 rings (SSSR count). The molecule has 1 N–H and O–H groups in total. The van der Waals surface area contributed by atoms with Gasteiger partial charge in [-0.15, -0.1) is 0 Å². The van der Waals surface area contributed by atoms with E-state index in [2.05, 4.69) is 0 Å². The number of hydrogen-bond donors (Lipinski definition) is 1. The van der Waals surface area contributed by atoms with E-state index in [1.165, 1.54) is 4.90 Å². The Morgan fingerprint density at radius 2 is 2.04 bits per heavy atom. The Kier molecular flexibility index (Phi) is 4.10. The van der Waals surface area contributed by atoms with Gasteiger partial charge in [-0.3, -0.25) is 4.79 Å². The average molecular weight is 375 g/mol. The third-order valence-electron chi connectivity index (χ3n) is 5.71. The number of carbonyl (C=O) groups is 2. The molecule has 0 aromatic heterocycles. The molecule has 1 amide bonds. The summed E-state index contributed by atoms with van der Waals surface area (Å²) in [6.07, 6.45) is -0.210. The van der Waals surface area contributed by atoms with Gasteiger partial charge in [0, 0.05) is 18.3 Å². The first-order chi connectivity index (χ1) is 12.7. The molecule has 0 spiro atoms. The highest BCUT2D eigenvalue weighted by Crippen LogP contribution is 2.50. The van der Waals surface area contributed by atoms with Crippen molar-refractivity contribution >= 4 is 11.9 Å². The number of nitrogens with zero attached hydrogens (tertiary/aromatic N) is 1. The molecule has 2 aliphatic heterocycles. The summed E-state index contributed by atoms with van der Waals surface area (Å²) in [7, 11) is 0. The number of Topliss-reactive ketones (excluding diaryl/α,β-unsaturated/α-hetero) is 1. The van der Waals surface area contributed by atoms with Gasteiger partial charge < -0.3 is 24.2 Å². The lowest BCUT2D eigenvalue weighted by atomic mass is 9.64. The summed E-state index contributed by atoms with van der Waals surface area (Å²) >= 11 is 0. The number of β-amino-alcohol motifs (C(OH)–C–C–N with tert-alkyl or cyclic N) is 1. The molecule has 3 atom stereocenters. The number of fused-ring (bicyclic) bond motifs is 2. The molecular weight excluding hydrogens is 350 g/mol. The van der Waals surface area contributed by atoms with Crippen LogP contribution in [-0.4, -0.2) is 53.0 Å². The Labute approximate surface area is 158 Å². The van der Waals surface area contributed by atoms with Crippen molar-refractivity contribution in [1.29, 1.82) is 0 Å². The van der Waals surface area contributed by atoms with Gasteiger partial charge in [0.05, 0.1) is 18.7 Å². The molecule has 1 aliphatic carbocycles. The fourth-order valence-electron chi connectivity index (χ4n) is 4.50. The smallest absolute Gasteiger partial charge is 0.410 e. The zero-order chi connectivity index (χ0) is 19.4. The number of aliphatic hydroxyl groups excluding tert-OH is 1. The predicted molar refractivity (Wildman–Crippen MR) is 95.8 cm³/mol. The van der Waals surface area contributed by atoms with Gasteiger partial charge in [-0.2, -0.15) is 0 Å². The standard InChI is InChI=1S/C20H25NO6/c1-19(2,3)27-18(24)21-10-17(23)20(7-6-13(22)9-16(20)21)12-4-5-14-15(8-12)26-11-25-14/h4-5,8,16-17,23H,6-7,9-11H2,1-3H3/t16-,17-,20-/m0/s1. The Balaban J connectivity index is 1.73. The molecule has 2 heterocycles. The van der Waals surface area contributed by atoms with Crippen LogP contribution in [0.15, 0.2) is 18.2 Å². The van der Waals surface area contributed by atoms with Crippen LogP contribution in [0.3, 0.4) is 0 Å². The van der Waals surface area contributed by atoms with Crippen LogP contribution in [0.1, 0.15) is 45.6 Å². The Bertz CT molecular complexity index is 785. The van der Waals surface area contributed by atoms with Crippen LogP contribution < -0.4 is 9.47 Å². The van der Waals surface area contributed by atoms with Crippen LogP contribution >= 0.6 is 0 Å². The molecule has 1 aromatic carbocycles. The molecule has 2 fully saturated rings. The fraction of sp³-hybridized carbons (Fsp3) is 0.600. The van der Waals surface area contributed by atoms with Gasteiger partial charge in [0.25, 0.3) is 0 Å². The largest absolute Gasteiger partial charge is 0.454 e. The van der Waals surface area contributed by atoms with Gasteiger partial charge in [-0.1, -0.05) is 6.07 Å². The summed E-state index contributed by atoms with van der Waals surface area (Å²) in [5, 5.41) is 11.0. The number of benzene rings is 1. The SMILES string of the molecule is CC(C)(C)OC(=O)N1C[C@H](O)[C@]2(c3ccc4c(c3)OCO4)CCC(=O)C[C@H]12. The van der Waals surface area contributed by atoms with Gasteiger partial charge in [-0.05, 0) is 44.9 Å². The molecule has 27 heavy (non-hydrogen) atoms. The van der Waals surface area contributed by atoms with Gasteiger partial charge in [0.1, 0.15) is 11.4 Å². The molecular formula is C20H25NO6. The van der Waals surface area contributed by atoms with Crippen molar-refractivity contribution in [2.24, 2.45) is 0 Å². The van der Waals surface area contributed by atoms with E-state index in [0.29, 0.717) is 24.3 Å².